The first kappa shape index (κ1) is 28.0. The van der Waals surface area contributed by atoms with Crippen LogP contribution in [-0.4, -0.2) is 68.1 Å². The molecule has 6 aliphatic rings. The van der Waals surface area contributed by atoms with E-state index in [0.29, 0.717) is 30.6 Å². The topological polar surface area (TPSA) is 114 Å². The van der Waals surface area contributed by atoms with E-state index < -0.39 is 25.1 Å². The second kappa shape index (κ2) is 10.0. The first-order valence-electron chi connectivity index (χ1n) is 14.3. The number of oxime groups is 1. The third-order valence-electron chi connectivity index (χ3n) is 10.5. The Morgan fingerprint density at radius 3 is 2.62 bits per heavy atom. The Kier molecular flexibility index (Phi) is 7.20. The van der Waals surface area contributed by atoms with E-state index in [0.717, 1.165) is 25.7 Å². The van der Waals surface area contributed by atoms with Crippen LogP contribution in [0.2, 0.25) is 0 Å². The standard InChI is InChI=1S/C28H42NO9P/c1-5-37-39(31,38-6-2)18-36-29-20-9-11-25(3)19(13-20)7-8-21-22-10-12-27(26(22,4)14-23(30)24(21)25)28(35-17-33-27)15-32-16-34-28/h9,11,13,21-24,30H,5-8,10,12,14-18H2,1-4H3/t21?,22?,23-,24?,25-,26-,27+,28?/m0/s1. The van der Waals surface area contributed by atoms with Crippen LogP contribution >= 0.6 is 7.60 Å². The van der Waals surface area contributed by atoms with E-state index in [2.05, 4.69) is 31.2 Å². The quantitative estimate of drug-likeness (QED) is 0.344. The molecule has 2 spiro atoms. The molecular weight excluding hydrogens is 525 g/mol. The SMILES string of the molecule is CCOP(=O)(CON=C1C=C[C@@]2(C)C(=C1)CCC1C2[C@@H](O)C[C@@]2(C)C1CC[C@@]21OCOC12COCO2)OCC. The summed E-state index contributed by atoms with van der Waals surface area (Å²) in [5.74, 6) is -0.0897. The lowest BCUT2D eigenvalue weighted by Crippen LogP contribution is -2.66. The predicted octanol–water partition coefficient (Wildman–Crippen LogP) is 4.74. The molecule has 4 unspecified atom stereocenters. The highest BCUT2D eigenvalue weighted by Crippen LogP contribution is 2.71. The lowest BCUT2D eigenvalue weighted by Gasteiger charge is -2.60. The summed E-state index contributed by atoms with van der Waals surface area (Å²) in [4.78, 5) is 5.44. The van der Waals surface area contributed by atoms with E-state index in [4.69, 9.17) is 32.8 Å². The Bertz CT molecular complexity index is 1090. The predicted molar refractivity (Wildman–Crippen MR) is 142 cm³/mol. The molecule has 6 rings (SSSR count). The maximum Gasteiger partial charge on any atom is 0.370 e. The molecular formula is C28H42NO9P. The third kappa shape index (κ3) is 4.08. The number of fused-ring (bicyclic) bond motifs is 7. The Labute approximate surface area is 230 Å². The summed E-state index contributed by atoms with van der Waals surface area (Å²) in [6.07, 6.45) is 9.80. The first-order valence-corrected chi connectivity index (χ1v) is 16.0. The fourth-order valence-electron chi connectivity index (χ4n) is 9.05. The van der Waals surface area contributed by atoms with Gasteiger partial charge >= 0.3 is 7.60 Å². The highest BCUT2D eigenvalue weighted by molar-refractivity contribution is 7.53. The number of nitrogens with zero attached hydrogens (tertiary/aromatic N) is 1. The Hall–Kier alpha value is -1.10. The number of aliphatic hydroxyl groups is 1. The van der Waals surface area contributed by atoms with Crippen LogP contribution in [0.25, 0.3) is 0 Å². The molecule has 2 heterocycles. The first-order chi connectivity index (χ1) is 18.7. The minimum Gasteiger partial charge on any atom is -0.393 e. The number of hydrogen-bond acceptors (Lipinski definition) is 10. The molecule has 3 saturated carbocycles. The molecule has 0 aromatic heterocycles. The molecule has 218 valence electrons. The largest absolute Gasteiger partial charge is 0.393 e. The van der Waals surface area contributed by atoms with Crippen molar-refractivity contribution in [3.63, 3.8) is 0 Å². The normalized spacial score (nSPS) is 46.0. The molecule has 11 heteroatoms. The summed E-state index contributed by atoms with van der Waals surface area (Å²) < 4.78 is 47.5. The summed E-state index contributed by atoms with van der Waals surface area (Å²) in [6, 6.07) is 0. The summed E-state index contributed by atoms with van der Waals surface area (Å²) in [5, 5.41) is 16.1. The van der Waals surface area contributed by atoms with Crippen molar-refractivity contribution in [2.45, 2.75) is 77.3 Å². The minimum absolute atomic E-state index is 0.0830. The van der Waals surface area contributed by atoms with Gasteiger partial charge in [-0.05, 0) is 69.9 Å². The summed E-state index contributed by atoms with van der Waals surface area (Å²) in [6.45, 7) is 9.35. The van der Waals surface area contributed by atoms with E-state index >= 15 is 0 Å². The van der Waals surface area contributed by atoms with Crippen molar-refractivity contribution in [2.24, 2.45) is 33.7 Å². The highest BCUT2D eigenvalue weighted by Gasteiger charge is 2.76. The molecule has 0 radical (unpaired) electrons. The van der Waals surface area contributed by atoms with Crippen LogP contribution in [-0.2, 0) is 37.4 Å². The van der Waals surface area contributed by atoms with Crippen LogP contribution < -0.4 is 0 Å². The number of hydrogen-bond donors (Lipinski definition) is 1. The molecule has 0 amide bonds. The van der Waals surface area contributed by atoms with Crippen LogP contribution in [0.1, 0.15) is 59.8 Å². The van der Waals surface area contributed by atoms with Gasteiger partial charge in [0, 0.05) is 16.7 Å². The van der Waals surface area contributed by atoms with Gasteiger partial charge in [-0.25, -0.2) is 0 Å². The van der Waals surface area contributed by atoms with Crippen molar-refractivity contribution < 1.29 is 42.5 Å². The van der Waals surface area contributed by atoms with Crippen LogP contribution in [0.3, 0.4) is 0 Å². The molecule has 5 fully saturated rings. The van der Waals surface area contributed by atoms with Gasteiger partial charge in [0.25, 0.3) is 0 Å². The van der Waals surface area contributed by atoms with Crippen LogP contribution in [0.5, 0.6) is 0 Å². The second-order valence-corrected chi connectivity index (χ2v) is 14.2. The molecule has 10 nitrogen and oxygen atoms in total. The van der Waals surface area contributed by atoms with Gasteiger partial charge in [-0.2, -0.15) is 0 Å². The molecule has 0 aromatic rings. The van der Waals surface area contributed by atoms with E-state index in [9.17, 15) is 9.67 Å². The fourth-order valence-corrected chi connectivity index (χ4v) is 10.3. The van der Waals surface area contributed by atoms with Gasteiger partial charge in [0.15, 0.2) is 13.6 Å². The van der Waals surface area contributed by atoms with Gasteiger partial charge in [-0.1, -0.05) is 30.7 Å². The van der Waals surface area contributed by atoms with E-state index in [1.54, 1.807) is 13.8 Å². The molecule has 2 saturated heterocycles. The van der Waals surface area contributed by atoms with Crippen molar-refractivity contribution in [1.29, 1.82) is 0 Å². The zero-order valence-corrected chi connectivity index (χ0v) is 24.3. The van der Waals surface area contributed by atoms with Crippen molar-refractivity contribution in [3.05, 3.63) is 23.8 Å². The summed E-state index contributed by atoms with van der Waals surface area (Å²) >= 11 is 0. The van der Waals surface area contributed by atoms with Gasteiger partial charge in [0.2, 0.25) is 12.1 Å². The molecule has 2 aliphatic heterocycles. The minimum atomic E-state index is -3.34. The maximum atomic E-state index is 12.7. The second-order valence-electron chi connectivity index (χ2n) is 12.2. The Balaban J connectivity index is 1.22. The molecule has 4 aliphatic carbocycles. The van der Waals surface area contributed by atoms with E-state index in [-0.39, 0.29) is 49.9 Å². The number of ether oxygens (including phenoxy) is 4. The third-order valence-corrected chi connectivity index (χ3v) is 12.3. The summed E-state index contributed by atoms with van der Waals surface area (Å²) in [7, 11) is -3.34. The van der Waals surface area contributed by atoms with Crippen molar-refractivity contribution in [1.82, 2.24) is 0 Å². The Morgan fingerprint density at radius 1 is 1.13 bits per heavy atom. The van der Waals surface area contributed by atoms with Crippen molar-refractivity contribution in [2.75, 3.05) is 39.8 Å². The lowest BCUT2D eigenvalue weighted by molar-refractivity contribution is -0.256. The lowest BCUT2D eigenvalue weighted by atomic mass is 9.46. The van der Waals surface area contributed by atoms with Crippen LogP contribution in [0, 0.1) is 28.6 Å². The average Bonchev–Trinajstić information content (AvgIpc) is 3.59. The van der Waals surface area contributed by atoms with E-state index in [1.165, 1.54) is 5.57 Å². The smallest absolute Gasteiger partial charge is 0.370 e. The van der Waals surface area contributed by atoms with Crippen molar-refractivity contribution in [3.8, 4) is 0 Å². The number of rotatable bonds is 7. The molecule has 39 heavy (non-hydrogen) atoms. The molecule has 1 N–H and O–H groups in total. The van der Waals surface area contributed by atoms with Gasteiger partial charge < -0.3 is 37.9 Å². The monoisotopic (exact) mass is 567 g/mol. The van der Waals surface area contributed by atoms with Gasteiger partial charge in [0.05, 0.1) is 19.3 Å². The zero-order valence-electron chi connectivity index (χ0n) is 23.4. The van der Waals surface area contributed by atoms with Gasteiger partial charge in [0.1, 0.15) is 17.9 Å². The average molecular weight is 568 g/mol. The van der Waals surface area contributed by atoms with Gasteiger partial charge in [-0.3, -0.25) is 4.57 Å². The van der Waals surface area contributed by atoms with Gasteiger partial charge in [-0.15, -0.1) is 0 Å². The number of aliphatic hydroxyl groups excluding tert-OH is 1. The molecule has 0 aromatic carbocycles. The maximum absolute atomic E-state index is 12.7. The molecule has 0 bridgehead atoms. The molecule has 8 atom stereocenters. The Morgan fingerprint density at radius 2 is 1.90 bits per heavy atom. The van der Waals surface area contributed by atoms with Crippen LogP contribution in [0.4, 0.5) is 0 Å². The zero-order chi connectivity index (χ0) is 27.5. The fraction of sp³-hybridized carbons (Fsp3) is 0.821. The van der Waals surface area contributed by atoms with Crippen molar-refractivity contribution >= 4 is 13.3 Å². The van der Waals surface area contributed by atoms with E-state index in [1.807, 2.05) is 6.08 Å². The van der Waals surface area contributed by atoms with Crippen LogP contribution in [0.15, 0.2) is 29.0 Å². The highest BCUT2D eigenvalue weighted by atomic mass is 31.2. The number of allylic oxidation sites excluding steroid dienone is 4. The summed E-state index contributed by atoms with van der Waals surface area (Å²) in [5.41, 5.74) is 0.704.